The Morgan fingerprint density at radius 3 is 2.10 bits per heavy atom. The minimum absolute atomic E-state index is 0.218. The van der Waals surface area contributed by atoms with Gasteiger partial charge in [-0.05, 0) is 46.1 Å². The molecule has 2 heterocycles. The first-order valence-electron chi connectivity index (χ1n) is 10.7. The van der Waals surface area contributed by atoms with Crippen molar-refractivity contribution in [3.63, 3.8) is 0 Å². The Hall–Kier alpha value is -3.00. The molecule has 0 atom stereocenters. The first-order valence-corrected chi connectivity index (χ1v) is 12.9. The van der Waals surface area contributed by atoms with Gasteiger partial charge in [-0.2, -0.15) is 0 Å². The molecule has 7 nitrogen and oxygen atoms in total. The topological polar surface area (TPSA) is 119 Å². The van der Waals surface area contributed by atoms with Crippen LogP contribution in [0.25, 0.3) is 22.0 Å². The first-order chi connectivity index (χ1) is 14.5. The Morgan fingerprint density at radius 2 is 1.58 bits per heavy atom. The van der Waals surface area contributed by atoms with Crippen molar-refractivity contribution >= 4 is 36.9 Å². The lowest BCUT2D eigenvalue weighted by atomic mass is 10.1. The van der Waals surface area contributed by atoms with Gasteiger partial charge in [0.15, 0.2) is 8.24 Å². The number of fused-ring (bicyclic) bond motifs is 1. The van der Waals surface area contributed by atoms with Gasteiger partial charge in [0, 0.05) is 17.1 Å². The molecule has 0 radical (unpaired) electrons. The predicted octanol–water partition coefficient (Wildman–Crippen LogP) is 5.25. The fourth-order valence-corrected chi connectivity index (χ4v) is 12.0. The zero-order chi connectivity index (χ0) is 23.1. The summed E-state index contributed by atoms with van der Waals surface area (Å²) < 4.78 is 2.50. The van der Waals surface area contributed by atoms with E-state index in [9.17, 15) is 9.59 Å². The average Bonchev–Trinajstić information content (AvgIpc) is 3.24. The molecule has 6 N–H and O–H groups in total. The van der Waals surface area contributed by atoms with Gasteiger partial charge in [0.25, 0.3) is 5.91 Å². The summed E-state index contributed by atoms with van der Waals surface area (Å²) in [6, 6.07) is 7.18. The van der Waals surface area contributed by atoms with Gasteiger partial charge in [-0.3, -0.25) is 10.1 Å². The van der Waals surface area contributed by atoms with Crippen LogP contribution in [0.3, 0.4) is 0 Å². The smallest absolute Gasteiger partial charge is 0.317 e. The second-order valence-electron chi connectivity index (χ2n) is 9.15. The number of benzene rings is 1. The molecule has 0 aliphatic carbocycles. The van der Waals surface area contributed by atoms with E-state index in [1.165, 1.54) is 0 Å². The molecule has 0 fully saturated rings. The van der Waals surface area contributed by atoms with Crippen molar-refractivity contribution in [2.75, 3.05) is 5.32 Å². The molecule has 2 aromatic heterocycles. The van der Waals surface area contributed by atoms with E-state index in [1.54, 1.807) is 0 Å². The third kappa shape index (κ3) is 3.76. The van der Waals surface area contributed by atoms with Crippen LogP contribution in [0.4, 0.5) is 10.6 Å². The minimum atomic E-state index is -1.82. The maximum Gasteiger partial charge on any atom is 0.317 e. The van der Waals surface area contributed by atoms with Crippen molar-refractivity contribution in [3.05, 3.63) is 42.2 Å². The number of aromatic amines is 1. The Morgan fingerprint density at radius 1 is 0.968 bits per heavy atom. The number of nitrogens with one attached hydrogen (secondary N) is 2. The van der Waals surface area contributed by atoms with E-state index in [-0.39, 0.29) is 11.4 Å². The van der Waals surface area contributed by atoms with E-state index in [1.807, 2.05) is 18.2 Å². The lowest BCUT2D eigenvalue weighted by Gasteiger charge is -2.44. The molecular formula is C23H33N5O2Si. The zero-order valence-corrected chi connectivity index (χ0v) is 20.1. The molecule has 0 aliphatic rings. The molecule has 0 bridgehead atoms. The van der Waals surface area contributed by atoms with Gasteiger partial charge in [0.2, 0.25) is 0 Å². The molecule has 0 aliphatic heterocycles. The lowest BCUT2D eigenvalue weighted by Crippen LogP contribution is -2.51. The fourth-order valence-electron chi connectivity index (χ4n) is 5.55. The van der Waals surface area contributed by atoms with Crippen molar-refractivity contribution in [1.82, 2.24) is 9.22 Å². The molecule has 3 aromatic rings. The van der Waals surface area contributed by atoms with Crippen molar-refractivity contribution in [2.24, 2.45) is 11.5 Å². The number of hydrogen-bond donors (Lipinski definition) is 4. The molecule has 0 unspecified atom stereocenters. The lowest BCUT2D eigenvalue weighted by molar-refractivity contribution is 0.100. The third-order valence-electron chi connectivity index (χ3n) is 6.54. The molecule has 0 spiro atoms. The normalized spacial score (nSPS) is 12.3. The van der Waals surface area contributed by atoms with Crippen LogP contribution in [0.15, 0.2) is 36.7 Å². The maximum absolute atomic E-state index is 11.9. The van der Waals surface area contributed by atoms with Crippen molar-refractivity contribution in [3.8, 4) is 11.1 Å². The number of urea groups is 1. The van der Waals surface area contributed by atoms with Crippen molar-refractivity contribution in [1.29, 1.82) is 0 Å². The number of hydrogen-bond acceptors (Lipinski definition) is 2. The Bertz CT molecular complexity index is 1100. The van der Waals surface area contributed by atoms with Crippen LogP contribution in [0, 0.1) is 0 Å². The summed E-state index contributed by atoms with van der Waals surface area (Å²) in [6.07, 6.45) is 4.48. The molecule has 0 saturated heterocycles. The Labute approximate surface area is 184 Å². The van der Waals surface area contributed by atoms with Gasteiger partial charge < -0.3 is 20.7 Å². The number of nitrogens with two attached hydrogens (primary N) is 2. The fraction of sp³-hybridized carbons (Fsp3) is 0.391. The van der Waals surface area contributed by atoms with Crippen LogP contribution < -0.4 is 16.8 Å². The second kappa shape index (κ2) is 8.26. The van der Waals surface area contributed by atoms with E-state index >= 15 is 0 Å². The highest BCUT2D eigenvalue weighted by molar-refractivity contribution is 6.82. The van der Waals surface area contributed by atoms with E-state index in [4.69, 9.17) is 11.5 Å². The van der Waals surface area contributed by atoms with Gasteiger partial charge in [-0.15, -0.1) is 0 Å². The number of H-pyrrole nitrogens is 1. The summed E-state index contributed by atoms with van der Waals surface area (Å²) in [5, 5.41) is 3.10. The molecule has 3 amide bonds. The van der Waals surface area contributed by atoms with Crippen molar-refractivity contribution in [2.45, 2.75) is 58.2 Å². The molecule has 3 rings (SSSR count). The monoisotopic (exact) mass is 439 g/mol. The van der Waals surface area contributed by atoms with Crippen LogP contribution >= 0.6 is 0 Å². The summed E-state index contributed by atoms with van der Waals surface area (Å²) in [5.41, 5.74) is 15.6. The van der Waals surface area contributed by atoms with Crippen LogP contribution in [-0.2, 0) is 0 Å². The number of rotatable bonds is 7. The van der Waals surface area contributed by atoms with Gasteiger partial charge in [-0.25, -0.2) is 4.79 Å². The van der Waals surface area contributed by atoms with Gasteiger partial charge in [0.05, 0.1) is 5.56 Å². The number of anilines is 1. The van der Waals surface area contributed by atoms with Gasteiger partial charge >= 0.3 is 6.03 Å². The van der Waals surface area contributed by atoms with E-state index in [2.05, 4.69) is 74.5 Å². The Kier molecular flexibility index (Phi) is 6.04. The SMILES string of the molecule is CC(C)[Si](C(C)C)(C(C)C)n1ccc(-c2ccc3c(C(N)=O)c(NC(N)=O)[nH]c3c2)c1. The largest absolute Gasteiger partial charge is 0.379 e. The predicted molar refractivity (Wildman–Crippen MR) is 130 cm³/mol. The molecule has 0 saturated carbocycles. The molecule has 166 valence electrons. The number of aromatic nitrogens is 2. The van der Waals surface area contributed by atoms with Crippen LogP contribution in [0.1, 0.15) is 51.9 Å². The highest BCUT2D eigenvalue weighted by Crippen LogP contribution is 2.43. The summed E-state index contributed by atoms with van der Waals surface area (Å²) >= 11 is 0. The highest BCUT2D eigenvalue weighted by Gasteiger charge is 2.44. The standard InChI is InChI=1S/C23H33N5O2Si/c1-13(2)31(14(3)4,15(5)6)28-10-9-17(12-28)16-7-8-18-19(11-16)26-22(27-23(25)30)20(18)21(24)29/h7-15,26H,1-6H3,(H2,24,29)(H3,25,27,30). The molecular weight excluding hydrogens is 406 g/mol. The molecule has 1 aromatic carbocycles. The third-order valence-corrected chi connectivity index (χ3v) is 13.3. The Balaban J connectivity index is 2.11. The van der Waals surface area contributed by atoms with Crippen molar-refractivity contribution < 1.29 is 9.59 Å². The average molecular weight is 440 g/mol. The van der Waals surface area contributed by atoms with Crippen LogP contribution in [0.5, 0.6) is 0 Å². The quantitative estimate of drug-likeness (QED) is 0.376. The summed E-state index contributed by atoms with van der Waals surface area (Å²) in [4.78, 5) is 26.3. The number of primary amides is 2. The van der Waals surface area contributed by atoms with Gasteiger partial charge in [0.1, 0.15) is 5.82 Å². The van der Waals surface area contributed by atoms with Gasteiger partial charge in [-0.1, -0.05) is 53.7 Å². The number of nitrogens with zero attached hydrogens (tertiary/aromatic N) is 1. The molecule has 8 heteroatoms. The van der Waals surface area contributed by atoms with E-state index in [0.29, 0.717) is 27.5 Å². The van der Waals surface area contributed by atoms with Crippen LogP contribution in [0.2, 0.25) is 16.6 Å². The summed E-state index contributed by atoms with van der Waals surface area (Å²) in [7, 11) is -1.82. The first kappa shape index (κ1) is 22.7. The number of carbonyl (C=O) groups excluding carboxylic acids is 2. The number of carbonyl (C=O) groups is 2. The van der Waals surface area contributed by atoms with Crippen LogP contribution in [-0.4, -0.2) is 29.4 Å². The van der Waals surface area contributed by atoms with E-state index in [0.717, 1.165) is 11.1 Å². The maximum atomic E-state index is 11.9. The minimum Gasteiger partial charge on any atom is -0.379 e. The summed E-state index contributed by atoms with van der Waals surface area (Å²) in [5.74, 6) is -0.411. The highest BCUT2D eigenvalue weighted by atomic mass is 28.3. The van der Waals surface area contributed by atoms with E-state index < -0.39 is 20.2 Å². The number of amides is 3. The second-order valence-corrected chi connectivity index (χ2v) is 14.9. The zero-order valence-electron chi connectivity index (χ0n) is 19.1. The molecule has 31 heavy (non-hydrogen) atoms. The summed E-state index contributed by atoms with van der Waals surface area (Å²) in [6.45, 7) is 14.1.